The predicted octanol–water partition coefficient (Wildman–Crippen LogP) is -2.62. The smallest absolute Gasteiger partial charge is 0.401 e. The van der Waals surface area contributed by atoms with Gasteiger partial charge >= 0.3 is 25.7 Å². The third-order valence-electron chi connectivity index (χ3n) is 1.79. The van der Waals surface area contributed by atoms with E-state index in [-0.39, 0.29) is 12.8 Å². The van der Waals surface area contributed by atoms with Gasteiger partial charge in [-0.15, -0.1) is 0 Å². The largest absolute Gasteiger partial charge is 0.481 e. The van der Waals surface area contributed by atoms with Crippen molar-refractivity contribution >= 4 is 25.7 Å². The van der Waals surface area contributed by atoms with Crippen LogP contribution in [-0.4, -0.2) is 66.8 Å². The number of aliphatic hydroxyl groups is 1. The predicted molar refractivity (Wildman–Crippen MR) is 66.2 cm³/mol. The summed E-state index contributed by atoms with van der Waals surface area (Å²) in [7, 11) is -4.58. The van der Waals surface area contributed by atoms with Crippen molar-refractivity contribution < 1.29 is 49.2 Å². The van der Waals surface area contributed by atoms with Crippen LogP contribution < -0.4 is 10.8 Å². The highest BCUT2D eigenvalue weighted by atomic mass is 31.2. The highest BCUT2D eigenvalue weighted by molar-refractivity contribution is 7.49. The highest BCUT2D eigenvalue weighted by Gasteiger charge is 2.24. The van der Waals surface area contributed by atoms with E-state index < -0.39 is 44.3 Å². The average Bonchev–Trinajstić information content (AvgIpc) is 2.32. The molecule has 0 spiro atoms. The van der Waals surface area contributed by atoms with Gasteiger partial charge in [0.15, 0.2) is 0 Å². The Morgan fingerprint density at radius 2 is 1.57 bits per heavy atom. The summed E-state index contributed by atoms with van der Waals surface area (Å²) in [5.74, 6) is -3.71. The Morgan fingerprint density at radius 1 is 1.10 bits per heavy atom. The molecule has 9 N–H and O–H groups in total. The average molecular weight is 332 g/mol. The van der Waals surface area contributed by atoms with Crippen LogP contribution in [-0.2, 0) is 18.9 Å². The first kappa shape index (κ1) is 21.7. The van der Waals surface area contributed by atoms with E-state index in [1.54, 1.807) is 0 Å². The molecule has 0 saturated carbocycles. The molecule has 124 valence electrons. The molecule has 0 aromatic rings. The fourth-order valence-corrected chi connectivity index (χ4v) is 1.38. The third-order valence-corrected chi connectivity index (χ3v) is 2.44. The van der Waals surface area contributed by atoms with Crippen molar-refractivity contribution in [2.45, 2.75) is 24.9 Å². The minimum atomic E-state index is -4.58. The number of hydrogen-bond acceptors (Lipinski definition) is 6. The summed E-state index contributed by atoms with van der Waals surface area (Å²) < 4.78 is 10.1. The van der Waals surface area contributed by atoms with Crippen molar-refractivity contribution in [1.82, 2.24) is 5.09 Å². The second-order valence-electron chi connectivity index (χ2n) is 3.62. The summed E-state index contributed by atoms with van der Waals surface area (Å²) in [6.45, 7) is -0.875. The Bertz CT molecular complexity index is 408. The van der Waals surface area contributed by atoms with E-state index >= 15 is 0 Å². The van der Waals surface area contributed by atoms with Gasteiger partial charge < -0.3 is 35.9 Å². The number of carbonyl (C=O) groups is 3. The molecule has 0 radical (unpaired) electrons. The number of carboxylic acid groups (broad SMARTS) is 3. The molecule has 0 aliphatic carbocycles. The first-order valence-corrected chi connectivity index (χ1v) is 6.89. The van der Waals surface area contributed by atoms with Gasteiger partial charge in [-0.1, -0.05) is 0 Å². The molecule has 0 aliphatic heterocycles. The molecule has 0 aliphatic rings. The first-order chi connectivity index (χ1) is 9.40. The van der Waals surface area contributed by atoms with Gasteiger partial charge in [-0.2, -0.15) is 0 Å². The van der Waals surface area contributed by atoms with Crippen LogP contribution in [0.3, 0.4) is 0 Å². The number of carboxylic acids is 3. The van der Waals surface area contributed by atoms with E-state index in [4.69, 9.17) is 35.9 Å². The summed E-state index contributed by atoms with van der Waals surface area (Å²) in [5, 5.41) is 34.1. The molecular weight excluding hydrogens is 315 g/mol. The molecule has 13 heteroatoms. The molecule has 0 rings (SSSR count). The fraction of sp³-hybridized carbons (Fsp3) is 0.625. The number of rotatable bonds is 8. The highest BCUT2D eigenvalue weighted by Crippen LogP contribution is 2.28. The standard InChI is InChI=1S/C5H9NO4.C3H8NO6P/c6-3(5(9)10)1-2-4(7)8;5-1-2(3(6)7)4-11(8,9)10/h3H,1-2,6H2,(H,7,8)(H,9,10);2,5H,1H2,(H,6,7)(H3,4,8,9,10). The van der Waals surface area contributed by atoms with Gasteiger partial charge in [0.25, 0.3) is 0 Å². The van der Waals surface area contributed by atoms with Crippen molar-refractivity contribution in [3.63, 3.8) is 0 Å². The summed E-state index contributed by atoms with van der Waals surface area (Å²) in [5.41, 5.74) is 5.00. The Balaban J connectivity index is 0. The molecule has 0 amide bonds. The van der Waals surface area contributed by atoms with Crippen molar-refractivity contribution in [2.24, 2.45) is 5.73 Å². The maximum atomic E-state index is 10.1. The molecule has 2 unspecified atom stereocenters. The number of nitrogens with one attached hydrogen (secondary N) is 1. The zero-order chi connectivity index (χ0) is 17.2. The van der Waals surface area contributed by atoms with E-state index in [2.05, 4.69) is 0 Å². The maximum absolute atomic E-state index is 10.1. The van der Waals surface area contributed by atoms with E-state index in [1.807, 2.05) is 0 Å². The number of aliphatic carboxylic acids is 3. The quantitative estimate of drug-likeness (QED) is 0.213. The van der Waals surface area contributed by atoms with Crippen molar-refractivity contribution in [3.05, 3.63) is 0 Å². The number of nitrogens with two attached hydrogens (primary N) is 1. The SMILES string of the molecule is NC(CCC(=O)O)C(=O)O.O=C(O)C(CO)NP(=O)(O)O. The Hall–Kier alpha value is -1.56. The monoisotopic (exact) mass is 332 g/mol. The Labute approximate surface area is 118 Å². The summed E-state index contributed by atoms with van der Waals surface area (Å²) in [6.07, 6.45) is -0.224. The molecule has 0 aromatic heterocycles. The van der Waals surface area contributed by atoms with Gasteiger partial charge in [-0.25, -0.2) is 9.65 Å². The lowest BCUT2D eigenvalue weighted by Crippen LogP contribution is -2.37. The normalized spacial score (nSPS) is 13.5. The van der Waals surface area contributed by atoms with Gasteiger partial charge in [-0.05, 0) is 6.42 Å². The molecule has 0 saturated heterocycles. The Kier molecular flexibility index (Phi) is 10.6. The van der Waals surface area contributed by atoms with Gasteiger partial charge in [0.1, 0.15) is 12.1 Å². The van der Waals surface area contributed by atoms with Crippen LogP contribution in [0.25, 0.3) is 0 Å². The van der Waals surface area contributed by atoms with E-state index in [1.165, 1.54) is 5.09 Å². The van der Waals surface area contributed by atoms with Crippen LogP contribution >= 0.6 is 7.75 Å². The Morgan fingerprint density at radius 3 is 1.76 bits per heavy atom. The lowest BCUT2D eigenvalue weighted by molar-refractivity contribution is -0.141. The number of aliphatic hydroxyl groups excluding tert-OH is 1. The van der Waals surface area contributed by atoms with Gasteiger partial charge in [-0.3, -0.25) is 14.4 Å². The summed E-state index contributed by atoms with van der Waals surface area (Å²) in [4.78, 5) is 46.3. The van der Waals surface area contributed by atoms with E-state index in [9.17, 15) is 18.9 Å². The number of hydrogen-bond donors (Lipinski definition) is 8. The lowest BCUT2D eigenvalue weighted by Gasteiger charge is -2.11. The van der Waals surface area contributed by atoms with Crippen molar-refractivity contribution in [1.29, 1.82) is 0 Å². The van der Waals surface area contributed by atoms with Crippen molar-refractivity contribution in [2.75, 3.05) is 6.61 Å². The van der Waals surface area contributed by atoms with E-state index in [0.29, 0.717) is 0 Å². The zero-order valence-electron chi connectivity index (χ0n) is 10.6. The van der Waals surface area contributed by atoms with Crippen LogP contribution in [0.1, 0.15) is 12.8 Å². The topological polar surface area (TPSA) is 228 Å². The molecule has 0 bridgehead atoms. The van der Waals surface area contributed by atoms with Crippen LogP contribution in [0.2, 0.25) is 0 Å². The minimum absolute atomic E-state index is 0.0231. The molecule has 0 aromatic carbocycles. The van der Waals surface area contributed by atoms with Crippen LogP contribution in [0.4, 0.5) is 0 Å². The third kappa shape index (κ3) is 14.7. The molecular formula is C8H17N2O10P. The minimum Gasteiger partial charge on any atom is -0.481 e. The summed E-state index contributed by atoms with van der Waals surface area (Å²) >= 11 is 0. The van der Waals surface area contributed by atoms with Crippen LogP contribution in [0, 0.1) is 0 Å². The second-order valence-corrected chi connectivity index (χ2v) is 4.97. The molecule has 21 heavy (non-hydrogen) atoms. The summed E-state index contributed by atoms with van der Waals surface area (Å²) in [6, 6.07) is -2.69. The van der Waals surface area contributed by atoms with Gasteiger partial charge in [0.2, 0.25) is 0 Å². The van der Waals surface area contributed by atoms with Crippen LogP contribution in [0.15, 0.2) is 0 Å². The van der Waals surface area contributed by atoms with Crippen molar-refractivity contribution in [3.8, 4) is 0 Å². The fourth-order valence-electron chi connectivity index (χ4n) is 0.780. The molecule has 0 heterocycles. The molecule has 12 nitrogen and oxygen atoms in total. The van der Waals surface area contributed by atoms with Gasteiger partial charge in [0.05, 0.1) is 6.61 Å². The zero-order valence-corrected chi connectivity index (χ0v) is 11.5. The van der Waals surface area contributed by atoms with E-state index in [0.717, 1.165) is 0 Å². The maximum Gasteiger partial charge on any atom is 0.401 e. The molecule has 2 atom stereocenters. The first-order valence-electron chi connectivity index (χ1n) is 5.28. The van der Waals surface area contributed by atoms with Crippen LogP contribution in [0.5, 0.6) is 0 Å². The molecule has 0 fully saturated rings. The lowest BCUT2D eigenvalue weighted by atomic mass is 10.2. The second kappa shape index (κ2) is 10.2. The van der Waals surface area contributed by atoms with Gasteiger partial charge in [0, 0.05) is 6.42 Å².